The van der Waals surface area contributed by atoms with Crippen LogP contribution in [0.25, 0.3) is 0 Å². The molecule has 3 rings (SSSR count). The van der Waals surface area contributed by atoms with E-state index in [1.807, 2.05) is 15.8 Å². The number of amides is 2. The molecular weight excluding hydrogens is 314 g/mol. The van der Waals surface area contributed by atoms with Gasteiger partial charge in [0.25, 0.3) is 0 Å². The number of hydrogen-bond acceptors (Lipinski definition) is 6. The fourth-order valence-electron chi connectivity index (χ4n) is 2.60. The molecule has 0 radical (unpaired) electrons. The van der Waals surface area contributed by atoms with Gasteiger partial charge in [0.2, 0.25) is 0 Å². The summed E-state index contributed by atoms with van der Waals surface area (Å²) in [7, 11) is 0. The Morgan fingerprint density at radius 3 is 3.04 bits per heavy atom. The number of carbonyl (C=O) groups excluding carboxylic acids is 1. The molecule has 1 aliphatic heterocycles. The number of hydrogen-bond donors (Lipinski definition) is 1. The Morgan fingerprint density at radius 1 is 1.48 bits per heavy atom. The summed E-state index contributed by atoms with van der Waals surface area (Å²) in [6.45, 7) is 6.02. The van der Waals surface area contributed by atoms with Gasteiger partial charge in [-0.1, -0.05) is 30.4 Å². The Labute approximate surface area is 138 Å². The third kappa shape index (κ3) is 3.84. The zero-order valence-electron chi connectivity index (χ0n) is 13.3. The highest BCUT2D eigenvalue weighted by atomic mass is 32.1. The highest BCUT2D eigenvalue weighted by Gasteiger charge is 2.25. The van der Waals surface area contributed by atoms with Gasteiger partial charge < -0.3 is 10.2 Å². The van der Waals surface area contributed by atoms with E-state index in [0.717, 1.165) is 29.4 Å². The van der Waals surface area contributed by atoms with Gasteiger partial charge in [-0.15, -0.1) is 15.3 Å². The van der Waals surface area contributed by atoms with E-state index in [4.69, 9.17) is 0 Å². The summed E-state index contributed by atoms with van der Waals surface area (Å²) in [4.78, 5) is 14.2. The molecule has 1 aliphatic rings. The van der Waals surface area contributed by atoms with E-state index >= 15 is 0 Å². The first-order valence-electron chi connectivity index (χ1n) is 7.84. The molecule has 3 heterocycles. The van der Waals surface area contributed by atoms with E-state index in [1.165, 1.54) is 0 Å². The van der Waals surface area contributed by atoms with Gasteiger partial charge >= 0.3 is 6.03 Å². The largest absolute Gasteiger partial charge is 0.331 e. The third-order valence-corrected chi connectivity index (χ3v) is 5.09. The lowest BCUT2D eigenvalue weighted by atomic mass is 10.1. The van der Waals surface area contributed by atoms with Crippen LogP contribution >= 0.6 is 11.3 Å². The van der Waals surface area contributed by atoms with E-state index in [2.05, 4.69) is 39.7 Å². The maximum Gasteiger partial charge on any atom is 0.317 e. The molecule has 8 nitrogen and oxygen atoms in total. The summed E-state index contributed by atoms with van der Waals surface area (Å²) in [5.74, 6) is 0.363. The standard InChI is InChI=1S/C14H21N7OS/c1-10(2)13-18-17-12(23-13)8-15-14(22)20-6-3-4-11(9-20)21-7-5-16-19-21/h5,7,10-11H,3-4,6,8-9H2,1-2H3,(H,15,22). The van der Waals surface area contributed by atoms with Crippen LogP contribution in [0.15, 0.2) is 12.4 Å². The quantitative estimate of drug-likeness (QED) is 0.920. The molecule has 124 valence electrons. The first kappa shape index (κ1) is 15.9. The Bertz CT molecular complexity index is 639. The number of aromatic nitrogens is 5. The van der Waals surface area contributed by atoms with Gasteiger partial charge in [-0.25, -0.2) is 9.48 Å². The molecule has 2 amide bonds. The van der Waals surface area contributed by atoms with Gasteiger partial charge in [0.05, 0.1) is 18.8 Å². The minimum Gasteiger partial charge on any atom is -0.331 e. The summed E-state index contributed by atoms with van der Waals surface area (Å²) in [5, 5.41) is 20.9. The molecule has 23 heavy (non-hydrogen) atoms. The predicted octanol–water partition coefficient (Wildman–Crippen LogP) is 1.80. The minimum absolute atomic E-state index is 0.0592. The maximum atomic E-state index is 12.4. The average molecular weight is 335 g/mol. The van der Waals surface area contributed by atoms with Gasteiger partial charge in [0.1, 0.15) is 10.0 Å². The molecule has 2 aromatic rings. The number of nitrogens with zero attached hydrogens (tertiary/aromatic N) is 6. The predicted molar refractivity (Wildman–Crippen MR) is 86.1 cm³/mol. The Kier molecular flexibility index (Phi) is 4.85. The molecular formula is C14H21N7OS. The van der Waals surface area contributed by atoms with E-state index < -0.39 is 0 Å². The zero-order chi connectivity index (χ0) is 16.2. The van der Waals surface area contributed by atoms with Gasteiger partial charge in [0.15, 0.2) is 0 Å². The number of piperidine rings is 1. The topological polar surface area (TPSA) is 88.8 Å². The lowest BCUT2D eigenvalue weighted by Gasteiger charge is -2.32. The van der Waals surface area contributed by atoms with Crippen molar-refractivity contribution in [3.05, 3.63) is 22.4 Å². The molecule has 0 spiro atoms. The second-order valence-corrected chi connectivity index (χ2v) is 7.07. The lowest BCUT2D eigenvalue weighted by molar-refractivity contribution is 0.162. The second kappa shape index (κ2) is 7.03. The van der Waals surface area contributed by atoms with Crippen LogP contribution in [0.5, 0.6) is 0 Å². The van der Waals surface area contributed by atoms with E-state index in [1.54, 1.807) is 17.5 Å². The summed E-state index contributed by atoms with van der Waals surface area (Å²) >= 11 is 1.55. The molecule has 0 saturated carbocycles. The van der Waals surface area contributed by atoms with Gasteiger partial charge in [-0.2, -0.15) is 0 Å². The van der Waals surface area contributed by atoms with Gasteiger partial charge in [-0.3, -0.25) is 0 Å². The second-order valence-electron chi connectivity index (χ2n) is 5.97. The van der Waals surface area contributed by atoms with Crippen molar-refractivity contribution in [1.82, 2.24) is 35.4 Å². The van der Waals surface area contributed by atoms with Crippen LogP contribution in [0.4, 0.5) is 4.79 Å². The van der Waals surface area contributed by atoms with Crippen molar-refractivity contribution in [2.45, 2.75) is 45.2 Å². The molecule has 0 aromatic carbocycles. The molecule has 1 N–H and O–H groups in total. The molecule has 1 unspecified atom stereocenters. The number of urea groups is 1. The Morgan fingerprint density at radius 2 is 2.35 bits per heavy atom. The highest BCUT2D eigenvalue weighted by Crippen LogP contribution is 2.21. The lowest BCUT2D eigenvalue weighted by Crippen LogP contribution is -2.45. The normalized spacial score (nSPS) is 18.4. The minimum atomic E-state index is -0.0592. The van der Waals surface area contributed by atoms with E-state index in [0.29, 0.717) is 19.0 Å². The maximum absolute atomic E-state index is 12.4. The molecule has 0 bridgehead atoms. The Hall–Kier alpha value is -2.03. The van der Waals surface area contributed by atoms with Crippen LogP contribution in [0.2, 0.25) is 0 Å². The molecule has 9 heteroatoms. The molecule has 0 aliphatic carbocycles. The van der Waals surface area contributed by atoms with Crippen molar-refractivity contribution in [2.24, 2.45) is 0 Å². The van der Waals surface area contributed by atoms with Crippen LogP contribution in [0.3, 0.4) is 0 Å². The fraction of sp³-hybridized carbons (Fsp3) is 0.643. The molecule has 1 fully saturated rings. The van der Waals surface area contributed by atoms with Crippen molar-refractivity contribution in [1.29, 1.82) is 0 Å². The number of likely N-dealkylation sites (tertiary alicyclic amines) is 1. The van der Waals surface area contributed by atoms with Crippen LogP contribution in [0, 0.1) is 0 Å². The van der Waals surface area contributed by atoms with Crippen LogP contribution in [0.1, 0.15) is 48.7 Å². The number of carbonyl (C=O) groups is 1. The van der Waals surface area contributed by atoms with Crippen molar-refractivity contribution < 1.29 is 4.79 Å². The van der Waals surface area contributed by atoms with Crippen LogP contribution in [-0.4, -0.2) is 49.2 Å². The summed E-state index contributed by atoms with van der Waals surface area (Å²) in [6.07, 6.45) is 5.50. The monoisotopic (exact) mass is 335 g/mol. The van der Waals surface area contributed by atoms with Gasteiger partial charge in [0, 0.05) is 25.2 Å². The smallest absolute Gasteiger partial charge is 0.317 e. The summed E-state index contributed by atoms with van der Waals surface area (Å²) in [5.41, 5.74) is 0. The molecule has 2 aromatic heterocycles. The Balaban J connectivity index is 1.53. The van der Waals surface area contributed by atoms with Crippen molar-refractivity contribution in [3.63, 3.8) is 0 Å². The number of rotatable bonds is 4. The van der Waals surface area contributed by atoms with Crippen LogP contribution < -0.4 is 5.32 Å². The SMILES string of the molecule is CC(C)c1nnc(CNC(=O)N2CCCC(n3ccnn3)C2)s1. The molecule has 1 saturated heterocycles. The van der Waals surface area contributed by atoms with E-state index in [9.17, 15) is 4.79 Å². The summed E-state index contributed by atoms with van der Waals surface area (Å²) < 4.78 is 1.83. The summed E-state index contributed by atoms with van der Waals surface area (Å²) in [6, 6.07) is 0.141. The van der Waals surface area contributed by atoms with Crippen molar-refractivity contribution in [2.75, 3.05) is 13.1 Å². The zero-order valence-corrected chi connectivity index (χ0v) is 14.2. The van der Waals surface area contributed by atoms with E-state index in [-0.39, 0.29) is 12.1 Å². The molecule has 1 atom stereocenters. The first-order valence-corrected chi connectivity index (χ1v) is 8.66. The average Bonchev–Trinajstić information content (AvgIpc) is 3.24. The highest BCUT2D eigenvalue weighted by molar-refractivity contribution is 7.11. The van der Waals surface area contributed by atoms with Crippen molar-refractivity contribution >= 4 is 17.4 Å². The fourth-order valence-corrected chi connectivity index (χ4v) is 3.39. The number of nitrogens with one attached hydrogen (secondary N) is 1. The first-order chi connectivity index (χ1) is 11.1. The van der Waals surface area contributed by atoms with Crippen molar-refractivity contribution in [3.8, 4) is 0 Å². The van der Waals surface area contributed by atoms with Gasteiger partial charge in [-0.05, 0) is 12.8 Å². The third-order valence-electron chi connectivity index (χ3n) is 3.87. The van der Waals surface area contributed by atoms with Crippen LogP contribution in [-0.2, 0) is 6.54 Å².